The van der Waals surface area contributed by atoms with E-state index in [4.69, 9.17) is 11.0 Å². The number of amides is 1. The highest BCUT2D eigenvalue weighted by Gasteiger charge is 2.10. The fraction of sp³-hybridized carbons (Fsp3) is 0. The van der Waals surface area contributed by atoms with Gasteiger partial charge in [0.1, 0.15) is 0 Å². The van der Waals surface area contributed by atoms with Crippen LogP contribution in [0.15, 0.2) is 12.1 Å². The third-order valence-corrected chi connectivity index (χ3v) is 2.54. The molecule has 14 heavy (non-hydrogen) atoms. The van der Waals surface area contributed by atoms with Crippen LogP contribution in [0.2, 0.25) is 0 Å². The van der Waals surface area contributed by atoms with E-state index < -0.39 is 5.91 Å². The largest absolute Gasteiger partial charge is 0.366 e. The highest BCUT2D eigenvalue weighted by Crippen LogP contribution is 2.17. The summed E-state index contributed by atoms with van der Waals surface area (Å²) < 4.78 is 0.547. The molecule has 4 nitrogen and oxygen atoms in total. The Morgan fingerprint density at radius 1 is 1.57 bits per heavy atom. The van der Waals surface area contributed by atoms with E-state index in [9.17, 15) is 9.59 Å². The third kappa shape index (κ3) is 1.90. The molecular weight excluding hydrogens is 295 g/mol. The van der Waals surface area contributed by atoms with Crippen LogP contribution >= 0.6 is 22.6 Å². The molecule has 1 amide bonds. The molecule has 70 valence electrons. The van der Waals surface area contributed by atoms with Crippen molar-refractivity contribution in [2.45, 2.75) is 0 Å². The lowest BCUT2D eigenvalue weighted by Gasteiger charge is -2.02. The topological polar surface area (TPSA) is 83.9 Å². The molecule has 0 bridgehead atoms. The average Bonchev–Trinajstić information content (AvgIpc) is 2.16. The number of benzene rings is 1. The monoisotopic (exact) mass is 300 g/mol. The maximum Gasteiger partial charge on any atom is 0.248 e. The summed E-state index contributed by atoms with van der Waals surface area (Å²) in [5.74, 6) is -0.614. The molecule has 0 aliphatic rings. The van der Waals surface area contributed by atoms with Crippen molar-refractivity contribution in [3.8, 4) is 6.07 Å². The van der Waals surface area contributed by atoms with Gasteiger partial charge in [0.15, 0.2) is 6.29 Å². The Morgan fingerprint density at radius 2 is 2.21 bits per heavy atom. The molecule has 0 unspecified atom stereocenters. The molecule has 0 saturated heterocycles. The Hall–Kier alpha value is -1.42. The van der Waals surface area contributed by atoms with E-state index in [0.717, 1.165) is 0 Å². The van der Waals surface area contributed by atoms with Crippen LogP contribution in [0, 0.1) is 14.9 Å². The normalized spacial score (nSPS) is 9.14. The predicted octanol–water partition coefficient (Wildman–Crippen LogP) is 1.07. The highest BCUT2D eigenvalue weighted by atomic mass is 127. The van der Waals surface area contributed by atoms with E-state index in [0.29, 0.717) is 9.86 Å². The second-order valence-corrected chi connectivity index (χ2v) is 3.68. The van der Waals surface area contributed by atoms with Gasteiger partial charge in [0.05, 0.1) is 11.6 Å². The zero-order chi connectivity index (χ0) is 10.7. The first-order valence-electron chi connectivity index (χ1n) is 3.58. The van der Waals surface area contributed by atoms with Gasteiger partial charge in [0.25, 0.3) is 0 Å². The molecule has 1 rings (SSSR count). The second-order valence-electron chi connectivity index (χ2n) is 2.51. The first kappa shape index (κ1) is 10.7. The molecule has 0 spiro atoms. The molecule has 0 aromatic heterocycles. The first-order valence-corrected chi connectivity index (χ1v) is 4.66. The zero-order valence-corrected chi connectivity index (χ0v) is 9.11. The van der Waals surface area contributed by atoms with Crippen LogP contribution in [0.5, 0.6) is 0 Å². The number of hydrogen-bond acceptors (Lipinski definition) is 3. The van der Waals surface area contributed by atoms with Gasteiger partial charge < -0.3 is 5.73 Å². The van der Waals surface area contributed by atoms with E-state index in [2.05, 4.69) is 0 Å². The molecule has 5 heteroatoms. The molecule has 1 aromatic carbocycles. The van der Waals surface area contributed by atoms with E-state index in [1.54, 1.807) is 0 Å². The fourth-order valence-corrected chi connectivity index (χ4v) is 1.73. The number of halogens is 1. The van der Waals surface area contributed by atoms with Crippen LogP contribution in [0.4, 0.5) is 0 Å². The number of nitriles is 1. The van der Waals surface area contributed by atoms with E-state index >= 15 is 0 Å². The number of nitrogens with two attached hydrogens (primary N) is 1. The van der Waals surface area contributed by atoms with Crippen molar-refractivity contribution in [3.05, 3.63) is 32.4 Å². The van der Waals surface area contributed by atoms with Gasteiger partial charge in [-0.1, -0.05) is 0 Å². The molecular formula is C9H5IN2O2. The summed E-state index contributed by atoms with van der Waals surface area (Å²) in [5, 5.41) is 8.72. The Balaban J connectivity index is 3.48. The number of carbonyl (C=O) groups excluding carboxylic acids is 2. The number of aldehydes is 1. The minimum Gasteiger partial charge on any atom is -0.366 e. The van der Waals surface area contributed by atoms with Gasteiger partial charge in [-0.05, 0) is 34.7 Å². The van der Waals surface area contributed by atoms with E-state index in [1.165, 1.54) is 12.1 Å². The summed E-state index contributed by atoms with van der Waals surface area (Å²) in [4.78, 5) is 21.5. The molecule has 1 aromatic rings. The van der Waals surface area contributed by atoms with Crippen molar-refractivity contribution in [3.63, 3.8) is 0 Å². The van der Waals surface area contributed by atoms with Crippen LogP contribution in [-0.2, 0) is 0 Å². The summed E-state index contributed by atoms with van der Waals surface area (Å²) in [6, 6.07) is 4.63. The van der Waals surface area contributed by atoms with Crippen molar-refractivity contribution in [1.29, 1.82) is 5.26 Å². The van der Waals surface area contributed by atoms with Crippen molar-refractivity contribution in [2.75, 3.05) is 0 Å². The summed E-state index contributed by atoms with van der Waals surface area (Å²) >= 11 is 1.88. The number of primary amides is 1. The van der Waals surface area contributed by atoms with Crippen LogP contribution in [0.25, 0.3) is 0 Å². The molecule has 2 N–H and O–H groups in total. The van der Waals surface area contributed by atoms with Crippen molar-refractivity contribution in [1.82, 2.24) is 0 Å². The van der Waals surface area contributed by atoms with Gasteiger partial charge in [-0.3, -0.25) is 9.59 Å². The van der Waals surface area contributed by atoms with Gasteiger partial charge in [0, 0.05) is 14.7 Å². The van der Waals surface area contributed by atoms with Crippen LogP contribution in [0.1, 0.15) is 26.3 Å². The first-order chi connectivity index (χ1) is 6.60. The Labute approximate surface area is 93.8 Å². The Morgan fingerprint density at radius 3 is 2.64 bits per heavy atom. The highest BCUT2D eigenvalue weighted by molar-refractivity contribution is 14.1. The van der Waals surface area contributed by atoms with Crippen LogP contribution in [0.3, 0.4) is 0 Å². The predicted molar refractivity (Wildman–Crippen MR) is 57.8 cm³/mol. The summed E-state index contributed by atoms with van der Waals surface area (Å²) in [6.45, 7) is 0. The van der Waals surface area contributed by atoms with Gasteiger partial charge in [0.2, 0.25) is 5.91 Å². The SMILES string of the molecule is N#Cc1cc(C(N)=O)cc(I)c1C=O. The maximum absolute atomic E-state index is 10.8. The van der Waals surface area contributed by atoms with Gasteiger partial charge >= 0.3 is 0 Å². The van der Waals surface area contributed by atoms with E-state index in [-0.39, 0.29) is 16.7 Å². The summed E-state index contributed by atoms with van der Waals surface area (Å²) in [6.07, 6.45) is 0.588. The van der Waals surface area contributed by atoms with Crippen molar-refractivity contribution in [2.24, 2.45) is 5.73 Å². The Bertz CT molecular complexity index is 449. The summed E-state index contributed by atoms with van der Waals surface area (Å²) in [7, 11) is 0. The van der Waals surface area contributed by atoms with Gasteiger partial charge in [-0.2, -0.15) is 5.26 Å². The molecule has 0 fully saturated rings. The molecule has 0 radical (unpaired) electrons. The number of nitrogens with zero attached hydrogens (tertiary/aromatic N) is 1. The smallest absolute Gasteiger partial charge is 0.248 e. The second kappa shape index (κ2) is 4.19. The standard InChI is InChI=1S/C9H5IN2O2/c10-8-2-5(9(12)14)1-6(3-11)7(8)4-13/h1-2,4H,(H2,12,14). The molecule has 0 aliphatic carbocycles. The van der Waals surface area contributed by atoms with Crippen LogP contribution in [-0.4, -0.2) is 12.2 Å². The van der Waals surface area contributed by atoms with Crippen LogP contribution < -0.4 is 5.73 Å². The minimum atomic E-state index is -0.614. The van der Waals surface area contributed by atoms with Crippen molar-refractivity contribution >= 4 is 34.8 Å². The molecule has 0 aliphatic heterocycles. The minimum absolute atomic E-state index is 0.167. The molecule has 0 saturated carbocycles. The van der Waals surface area contributed by atoms with Gasteiger partial charge in [-0.15, -0.1) is 0 Å². The lowest BCUT2D eigenvalue weighted by molar-refractivity contribution is 0.0999. The third-order valence-electron chi connectivity index (χ3n) is 1.65. The summed E-state index contributed by atoms with van der Waals surface area (Å²) in [5.41, 5.74) is 5.75. The fourth-order valence-electron chi connectivity index (χ4n) is 0.972. The number of hydrogen-bond donors (Lipinski definition) is 1. The van der Waals surface area contributed by atoms with Gasteiger partial charge in [-0.25, -0.2) is 0 Å². The lowest BCUT2D eigenvalue weighted by atomic mass is 10.1. The van der Waals surface area contributed by atoms with E-state index in [1.807, 2.05) is 28.7 Å². The molecule has 0 atom stereocenters. The average molecular weight is 300 g/mol. The lowest BCUT2D eigenvalue weighted by Crippen LogP contribution is -2.12. The number of rotatable bonds is 2. The molecule has 0 heterocycles. The zero-order valence-electron chi connectivity index (χ0n) is 6.95. The Kier molecular flexibility index (Phi) is 3.19. The maximum atomic E-state index is 10.8. The quantitative estimate of drug-likeness (QED) is 0.655. The number of carbonyl (C=O) groups is 2. The van der Waals surface area contributed by atoms with Crippen molar-refractivity contribution < 1.29 is 9.59 Å².